The Labute approximate surface area is 178 Å². The summed E-state index contributed by atoms with van der Waals surface area (Å²) >= 11 is 1.36. The van der Waals surface area contributed by atoms with Crippen LogP contribution in [0.4, 0.5) is 5.00 Å². The zero-order chi connectivity index (χ0) is 21.5. The molecule has 9 heteroatoms. The number of esters is 1. The summed E-state index contributed by atoms with van der Waals surface area (Å²) < 4.78 is 15.5. The molecule has 0 spiro atoms. The topological polar surface area (TPSA) is 117 Å². The maximum Gasteiger partial charge on any atom is 0.309 e. The van der Waals surface area contributed by atoms with Crippen LogP contribution in [0.15, 0.2) is 24.3 Å². The molecule has 3 rings (SSSR count). The van der Waals surface area contributed by atoms with E-state index in [2.05, 4.69) is 5.32 Å². The van der Waals surface area contributed by atoms with E-state index >= 15 is 0 Å². The molecule has 8 nitrogen and oxygen atoms in total. The van der Waals surface area contributed by atoms with E-state index in [1.165, 1.54) is 11.3 Å². The first-order valence-electron chi connectivity index (χ1n) is 9.64. The largest absolute Gasteiger partial charge is 0.497 e. The smallest absolute Gasteiger partial charge is 0.309 e. The van der Waals surface area contributed by atoms with Gasteiger partial charge in [-0.3, -0.25) is 14.4 Å². The molecule has 1 heterocycles. The average Bonchev–Trinajstić information content (AvgIpc) is 3.10. The molecule has 0 bridgehead atoms. The molecule has 3 N–H and O–H groups in total. The zero-order valence-electron chi connectivity index (χ0n) is 16.7. The maximum absolute atomic E-state index is 12.2. The number of carbonyl (C=O) groups is 3. The number of methoxy groups -OCH3 is 1. The van der Waals surface area contributed by atoms with Crippen LogP contribution in [-0.2, 0) is 27.2 Å². The lowest BCUT2D eigenvalue weighted by Gasteiger charge is -2.11. The predicted octanol–water partition coefficient (Wildman–Crippen LogP) is 2.69. The SMILES string of the molecule is COc1ccc(OCCC(=O)OCC(=O)Nc2sc3c(c2C(N)=O)CCCC3)cc1. The van der Waals surface area contributed by atoms with E-state index in [0.29, 0.717) is 22.1 Å². The van der Waals surface area contributed by atoms with Crippen molar-refractivity contribution in [1.82, 2.24) is 0 Å². The van der Waals surface area contributed by atoms with Crippen LogP contribution in [0.2, 0.25) is 0 Å². The molecule has 1 aromatic heterocycles. The summed E-state index contributed by atoms with van der Waals surface area (Å²) in [6, 6.07) is 6.96. The third kappa shape index (κ3) is 5.50. The van der Waals surface area contributed by atoms with Crippen LogP contribution in [0, 0.1) is 0 Å². The number of hydrogen-bond donors (Lipinski definition) is 2. The number of anilines is 1. The van der Waals surface area contributed by atoms with Crippen molar-refractivity contribution in [3.8, 4) is 11.5 Å². The van der Waals surface area contributed by atoms with Gasteiger partial charge in [-0.25, -0.2) is 0 Å². The van der Waals surface area contributed by atoms with Gasteiger partial charge in [0, 0.05) is 4.88 Å². The number of hydrogen-bond acceptors (Lipinski definition) is 7. The van der Waals surface area contributed by atoms with E-state index < -0.39 is 24.4 Å². The molecule has 0 saturated heterocycles. The first-order chi connectivity index (χ1) is 14.5. The molecule has 0 aliphatic heterocycles. The molecule has 0 atom stereocenters. The van der Waals surface area contributed by atoms with Crippen LogP contribution in [0.3, 0.4) is 0 Å². The molecule has 2 amide bonds. The number of aryl methyl sites for hydroxylation is 1. The van der Waals surface area contributed by atoms with Crippen molar-refractivity contribution in [3.63, 3.8) is 0 Å². The summed E-state index contributed by atoms with van der Waals surface area (Å²) in [5.41, 5.74) is 6.82. The van der Waals surface area contributed by atoms with E-state index in [4.69, 9.17) is 19.9 Å². The van der Waals surface area contributed by atoms with Crippen LogP contribution < -0.4 is 20.5 Å². The standard InChI is InChI=1S/C21H24N2O6S/c1-27-13-6-8-14(9-7-13)28-11-10-18(25)29-12-17(24)23-21-19(20(22)26)15-4-2-3-5-16(15)30-21/h6-9H,2-5,10-12H2,1H3,(H2,22,26)(H,23,24). The van der Waals surface area contributed by atoms with Crippen molar-refractivity contribution >= 4 is 34.1 Å². The van der Waals surface area contributed by atoms with Crippen LogP contribution in [0.5, 0.6) is 11.5 Å². The number of ether oxygens (including phenoxy) is 3. The number of fused-ring (bicyclic) bond motifs is 1. The van der Waals surface area contributed by atoms with Gasteiger partial charge >= 0.3 is 5.97 Å². The van der Waals surface area contributed by atoms with Crippen LogP contribution in [0.1, 0.15) is 40.1 Å². The minimum Gasteiger partial charge on any atom is -0.497 e. The Morgan fingerprint density at radius 3 is 2.50 bits per heavy atom. The summed E-state index contributed by atoms with van der Waals surface area (Å²) in [7, 11) is 1.57. The summed E-state index contributed by atoms with van der Waals surface area (Å²) in [6.45, 7) is -0.321. The molecule has 0 radical (unpaired) electrons. The van der Waals surface area contributed by atoms with Crippen molar-refractivity contribution in [2.45, 2.75) is 32.1 Å². The van der Waals surface area contributed by atoms with Gasteiger partial charge in [-0.15, -0.1) is 11.3 Å². The number of amides is 2. The quantitative estimate of drug-likeness (QED) is 0.589. The number of rotatable bonds is 9. The molecule has 30 heavy (non-hydrogen) atoms. The molecular weight excluding hydrogens is 408 g/mol. The van der Waals surface area contributed by atoms with Gasteiger partial charge in [-0.2, -0.15) is 0 Å². The lowest BCUT2D eigenvalue weighted by Crippen LogP contribution is -2.23. The normalized spacial score (nSPS) is 12.6. The first kappa shape index (κ1) is 21.6. The molecule has 1 aliphatic rings. The molecule has 0 unspecified atom stereocenters. The van der Waals surface area contributed by atoms with Gasteiger partial charge < -0.3 is 25.3 Å². The number of primary amides is 1. The molecule has 0 fully saturated rings. The highest BCUT2D eigenvalue weighted by Crippen LogP contribution is 2.37. The number of nitrogens with two attached hydrogens (primary N) is 1. The Bertz CT molecular complexity index is 922. The molecular formula is C21H24N2O6S. The van der Waals surface area contributed by atoms with E-state index in [-0.39, 0.29) is 13.0 Å². The van der Waals surface area contributed by atoms with Gasteiger partial charge in [0.05, 0.1) is 25.7 Å². The Balaban J connectivity index is 1.44. The maximum atomic E-state index is 12.2. The molecule has 1 aromatic carbocycles. The Morgan fingerprint density at radius 1 is 1.10 bits per heavy atom. The highest BCUT2D eigenvalue weighted by molar-refractivity contribution is 7.17. The second-order valence-corrected chi connectivity index (χ2v) is 7.87. The molecule has 0 saturated carbocycles. The van der Waals surface area contributed by atoms with Gasteiger partial charge in [-0.1, -0.05) is 0 Å². The highest BCUT2D eigenvalue weighted by atomic mass is 32.1. The Kier molecular flexibility index (Phi) is 7.29. The number of carbonyl (C=O) groups excluding carboxylic acids is 3. The summed E-state index contributed by atoms with van der Waals surface area (Å²) in [5, 5.41) is 3.08. The number of nitrogens with one attached hydrogen (secondary N) is 1. The Morgan fingerprint density at radius 2 is 1.80 bits per heavy atom. The summed E-state index contributed by atoms with van der Waals surface area (Å²) in [6.07, 6.45) is 3.70. The molecule has 1 aliphatic carbocycles. The Hall–Kier alpha value is -3.07. The lowest BCUT2D eigenvalue weighted by atomic mass is 9.95. The zero-order valence-corrected chi connectivity index (χ0v) is 17.5. The first-order valence-corrected chi connectivity index (χ1v) is 10.5. The van der Waals surface area contributed by atoms with Crippen molar-refractivity contribution in [2.75, 3.05) is 25.6 Å². The van der Waals surface area contributed by atoms with Crippen LogP contribution in [-0.4, -0.2) is 38.1 Å². The van der Waals surface area contributed by atoms with Crippen LogP contribution >= 0.6 is 11.3 Å². The number of benzene rings is 1. The third-order valence-corrected chi connectivity index (χ3v) is 5.88. The monoisotopic (exact) mass is 432 g/mol. The minimum absolute atomic E-state index is 0.000850. The fourth-order valence-electron chi connectivity index (χ4n) is 3.22. The second-order valence-electron chi connectivity index (χ2n) is 6.76. The van der Waals surface area contributed by atoms with Gasteiger partial charge in [0.2, 0.25) is 0 Å². The average molecular weight is 432 g/mol. The number of thiophene rings is 1. The molecule has 2 aromatic rings. The minimum atomic E-state index is -0.558. The van der Waals surface area contributed by atoms with Crippen LogP contribution in [0.25, 0.3) is 0 Å². The van der Waals surface area contributed by atoms with Gasteiger partial charge in [0.1, 0.15) is 16.5 Å². The van der Waals surface area contributed by atoms with E-state index in [0.717, 1.165) is 36.1 Å². The van der Waals surface area contributed by atoms with Crippen molar-refractivity contribution < 1.29 is 28.6 Å². The summed E-state index contributed by atoms with van der Waals surface area (Å²) in [5.74, 6) is -0.321. The van der Waals surface area contributed by atoms with Gasteiger partial charge in [0.25, 0.3) is 11.8 Å². The highest BCUT2D eigenvalue weighted by Gasteiger charge is 2.25. The second kappa shape index (κ2) is 10.1. The van der Waals surface area contributed by atoms with Crippen molar-refractivity contribution in [1.29, 1.82) is 0 Å². The van der Waals surface area contributed by atoms with E-state index in [1.807, 2.05) is 0 Å². The van der Waals surface area contributed by atoms with Crippen molar-refractivity contribution in [2.24, 2.45) is 5.73 Å². The van der Waals surface area contributed by atoms with E-state index in [9.17, 15) is 14.4 Å². The van der Waals surface area contributed by atoms with Gasteiger partial charge in [0.15, 0.2) is 6.61 Å². The van der Waals surface area contributed by atoms with E-state index in [1.54, 1.807) is 31.4 Å². The lowest BCUT2D eigenvalue weighted by molar-refractivity contribution is -0.147. The predicted molar refractivity (Wildman–Crippen MR) is 112 cm³/mol. The van der Waals surface area contributed by atoms with Crippen molar-refractivity contribution in [3.05, 3.63) is 40.3 Å². The fraction of sp³-hybridized carbons (Fsp3) is 0.381. The fourth-order valence-corrected chi connectivity index (χ4v) is 4.53. The molecule has 160 valence electrons. The summed E-state index contributed by atoms with van der Waals surface area (Å²) in [4.78, 5) is 37.0. The van der Waals surface area contributed by atoms with Gasteiger partial charge in [-0.05, 0) is 55.5 Å². The third-order valence-electron chi connectivity index (χ3n) is 4.67.